The Kier molecular flexibility index (Phi) is 2.91. The normalized spacial score (nSPS) is 40.8. The Hall–Kier alpha value is -0.690. The number of carbonyl (C=O) groups is 1. The number of carbonyl (C=O) groups excluding carboxylic acids is 1. The molecule has 0 spiro atoms. The molecular weight excluding hydrogens is 216 g/mol. The molecule has 2 fully saturated rings. The zero-order valence-electron chi connectivity index (χ0n) is 9.50. The third-order valence-corrected chi connectivity index (χ3v) is 2.57. The molecular formula is C10H16O6. The van der Waals surface area contributed by atoms with Crippen molar-refractivity contribution in [1.82, 2.24) is 0 Å². The van der Waals surface area contributed by atoms with E-state index in [9.17, 15) is 9.90 Å². The van der Waals surface area contributed by atoms with Crippen LogP contribution >= 0.6 is 0 Å². The number of aliphatic hydroxyl groups excluding tert-OH is 1. The van der Waals surface area contributed by atoms with Crippen molar-refractivity contribution in [2.75, 3.05) is 6.61 Å². The van der Waals surface area contributed by atoms with E-state index < -0.39 is 36.4 Å². The summed E-state index contributed by atoms with van der Waals surface area (Å²) in [5, 5.41) is 9.88. The van der Waals surface area contributed by atoms with E-state index in [4.69, 9.17) is 18.9 Å². The molecule has 0 unspecified atom stereocenters. The van der Waals surface area contributed by atoms with Crippen LogP contribution in [-0.2, 0) is 23.7 Å². The largest absolute Gasteiger partial charge is 0.463 e. The summed E-state index contributed by atoms with van der Waals surface area (Å²) in [6, 6.07) is 0. The van der Waals surface area contributed by atoms with E-state index in [1.165, 1.54) is 6.92 Å². The minimum Gasteiger partial charge on any atom is -0.463 e. The van der Waals surface area contributed by atoms with Gasteiger partial charge in [-0.1, -0.05) is 0 Å². The van der Waals surface area contributed by atoms with E-state index >= 15 is 0 Å². The van der Waals surface area contributed by atoms with Crippen molar-refractivity contribution in [1.29, 1.82) is 0 Å². The van der Waals surface area contributed by atoms with Crippen molar-refractivity contribution in [3.63, 3.8) is 0 Å². The lowest BCUT2D eigenvalue weighted by atomic mass is 10.1. The van der Waals surface area contributed by atoms with Crippen LogP contribution in [0.15, 0.2) is 0 Å². The molecule has 2 rings (SSSR count). The second-order valence-electron chi connectivity index (χ2n) is 4.44. The molecule has 0 aromatic heterocycles. The molecule has 0 saturated carbocycles. The summed E-state index contributed by atoms with van der Waals surface area (Å²) in [4.78, 5) is 10.6. The van der Waals surface area contributed by atoms with Crippen molar-refractivity contribution >= 4 is 5.97 Å². The van der Waals surface area contributed by atoms with Gasteiger partial charge in [0.05, 0.1) is 0 Å². The molecule has 92 valence electrons. The lowest BCUT2D eigenvalue weighted by Gasteiger charge is -2.22. The topological polar surface area (TPSA) is 74.2 Å². The number of ether oxygens (including phenoxy) is 4. The molecule has 6 nitrogen and oxygen atoms in total. The summed E-state index contributed by atoms with van der Waals surface area (Å²) in [7, 11) is 0. The number of fused-ring (bicyclic) bond motifs is 1. The van der Waals surface area contributed by atoms with E-state index in [1.807, 2.05) is 0 Å². The standard InChI is InChI=1S/C10H16O6/c1-5(11)13-4-6-7(12)8-9(14-6)16-10(2,3)15-8/h6-9,12H,4H2,1-3H3/t6-,7-,8-,9+/m1/s1. The molecule has 2 heterocycles. The van der Waals surface area contributed by atoms with Gasteiger partial charge in [-0.05, 0) is 13.8 Å². The predicted molar refractivity (Wildman–Crippen MR) is 51.3 cm³/mol. The molecule has 4 atom stereocenters. The summed E-state index contributed by atoms with van der Waals surface area (Å²) in [6.07, 6.45) is -2.54. The average Bonchev–Trinajstić information content (AvgIpc) is 2.58. The predicted octanol–water partition coefficient (Wildman–Crippen LogP) is -0.213. The van der Waals surface area contributed by atoms with E-state index in [-0.39, 0.29) is 6.61 Å². The van der Waals surface area contributed by atoms with Crippen LogP contribution in [0.4, 0.5) is 0 Å². The van der Waals surface area contributed by atoms with Gasteiger partial charge in [0.2, 0.25) is 0 Å². The number of hydrogen-bond donors (Lipinski definition) is 1. The zero-order chi connectivity index (χ0) is 11.9. The van der Waals surface area contributed by atoms with Crippen molar-refractivity contribution in [3.8, 4) is 0 Å². The maximum absolute atomic E-state index is 10.6. The molecule has 0 bridgehead atoms. The first-order valence-electron chi connectivity index (χ1n) is 5.21. The Morgan fingerprint density at radius 2 is 2.12 bits per heavy atom. The molecule has 16 heavy (non-hydrogen) atoms. The summed E-state index contributed by atoms with van der Waals surface area (Å²) in [5.74, 6) is -1.15. The SMILES string of the molecule is CC(=O)OC[C@H]1O[C@H]2OC(C)(C)O[C@@H]2[C@@H]1O. The van der Waals surface area contributed by atoms with Gasteiger partial charge in [0.15, 0.2) is 12.1 Å². The van der Waals surface area contributed by atoms with E-state index in [2.05, 4.69) is 0 Å². The number of esters is 1. The lowest BCUT2D eigenvalue weighted by Crippen LogP contribution is -2.36. The maximum Gasteiger partial charge on any atom is 0.302 e. The highest BCUT2D eigenvalue weighted by Gasteiger charge is 2.54. The van der Waals surface area contributed by atoms with E-state index in [0.29, 0.717) is 0 Å². The van der Waals surface area contributed by atoms with Crippen LogP contribution in [0.2, 0.25) is 0 Å². The minimum absolute atomic E-state index is 0.0106. The summed E-state index contributed by atoms with van der Waals surface area (Å²) < 4.78 is 21.1. The van der Waals surface area contributed by atoms with Crippen molar-refractivity contribution < 1.29 is 28.8 Å². The van der Waals surface area contributed by atoms with Gasteiger partial charge >= 0.3 is 5.97 Å². The highest BCUT2D eigenvalue weighted by molar-refractivity contribution is 5.65. The third-order valence-electron chi connectivity index (χ3n) is 2.57. The van der Waals surface area contributed by atoms with Crippen molar-refractivity contribution in [2.45, 2.75) is 51.2 Å². The molecule has 2 aliphatic rings. The average molecular weight is 232 g/mol. The van der Waals surface area contributed by atoms with E-state index in [0.717, 1.165) is 0 Å². The van der Waals surface area contributed by atoms with Crippen molar-refractivity contribution in [3.05, 3.63) is 0 Å². The number of aliphatic hydroxyl groups is 1. The van der Waals surface area contributed by atoms with Crippen LogP contribution in [0.5, 0.6) is 0 Å². The number of hydrogen-bond acceptors (Lipinski definition) is 6. The quantitative estimate of drug-likeness (QED) is 0.664. The molecule has 2 saturated heterocycles. The summed E-state index contributed by atoms with van der Waals surface area (Å²) >= 11 is 0. The van der Waals surface area contributed by atoms with E-state index in [1.54, 1.807) is 13.8 Å². The van der Waals surface area contributed by atoms with Crippen molar-refractivity contribution in [2.24, 2.45) is 0 Å². The first-order chi connectivity index (χ1) is 7.39. The molecule has 0 aromatic rings. The van der Waals surface area contributed by atoms with Gasteiger partial charge in [0.1, 0.15) is 24.9 Å². The Morgan fingerprint density at radius 1 is 1.44 bits per heavy atom. The minimum atomic E-state index is -0.842. The first-order valence-corrected chi connectivity index (χ1v) is 5.21. The zero-order valence-corrected chi connectivity index (χ0v) is 9.50. The fourth-order valence-corrected chi connectivity index (χ4v) is 1.90. The second-order valence-corrected chi connectivity index (χ2v) is 4.44. The Labute approximate surface area is 93.4 Å². The Bertz CT molecular complexity index is 289. The third kappa shape index (κ3) is 2.20. The number of rotatable bonds is 2. The Morgan fingerprint density at radius 3 is 2.69 bits per heavy atom. The van der Waals surface area contributed by atoms with Crippen LogP contribution in [0.25, 0.3) is 0 Å². The van der Waals surface area contributed by atoms with Gasteiger partial charge in [-0.15, -0.1) is 0 Å². The molecule has 1 N–H and O–H groups in total. The smallest absolute Gasteiger partial charge is 0.302 e. The molecule has 0 amide bonds. The lowest BCUT2D eigenvalue weighted by molar-refractivity contribution is -0.220. The summed E-state index contributed by atoms with van der Waals surface area (Å²) in [5.41, 5.74) is 0. The van der Waals surface area contributed by atoms with Crippen LogP contribution in [-0.4, -0.2) is 48.1 Å². The van der Waals surface area contributed by atoms with Gasteiger partial charge < -0.3 is 24.1 Å². The molecule has 2 aliphatic heterocycles. The van der Waals surface area contributed by atoms with Crippen LogP contribution in [0, 0.1) is 0 Å². The van der Waals surface area contributed by atoms with Crippen LogP contribution in [0.3, 0.4) is 0 Å². The molecule has 0 radical (unpaired) electrons. The van der Waals surface area contributed by atoms with Crippen LogP contribution < -0.4 is 0 Å². The van der Waals surface area contributed by atoms with Gasteiger partial charge in [0, 0.05) is 6.92 Å². The molecule has 0 aliphatic carbocycles. The first kappa shape index (κ1) is 11.8. The maximum atomic E-state index is 10.6. The van der Waals surface area contributed by atoms with Crippen LogP contribution in [0.1, 0.15) is 20.8 Å². The second kappa shape index (κ2) is 3.96. The fraction of sp³-hybridized carbons (Fsp3) is 0.900. The monoisotopic (exact) mass is 232 g/mol. The molecule has 6 heteroatoms. The highest BCUT2D eigenvalue weighted by Crippen LogP contribution is 2.37. The fourth-order valence-electron chi connectivity index (χ4n) is 1.90. The van der Waals surface area contributed by atoms with Gasteiger partial charge in [-0.25, -0.2) is 0 Å². The van der Waals surface area contributed by atoms with Gasteiger partial charge in [0.25, 0.3) is 0 Å². The van der Waals surface area contributed by atoms with Gasteiger partial charge in [-0.2, -0.15) is 0 Å². The van der Waals surface area contributed by atoms with Gasteiger partial charge in [-0.3, -0.25) is 4.79 Å². The Balaban J connectivity index is 1.92. The summed E-state index contributed by atoms with van der Waals surface area (Å²) in [6.45, 7) is 4.82. The molecule has 0 aromatic carbocycles. The highest BCUT2D eigenvalue weighted by atomic mass is 16.8.